The third kappa shape index (κ3) is 4.57. The zero-order valence-electron chi connectivity index (χ0n) is 30.1. The molecule has 0 aliphatic carbocycles. The lowest BCUT2D eigenvalue weighted by atomic mass is 9.93. The number of benzene rings is 8. The van der Waals surface area contributed by atoms with Crippen LogP contribution in [0.1, 0.15) is 6.85 Å². The van der Waals surface area contributed by atoms with Gasteiger partial charge in [-0.05, 0) is 99.4 Å². The van der Waals surface area contributed by atoms with Gasteiger partial charge in [-0.1, -0.05) is 121 Å². The highest BCUT2D eigenvalue weighted by molar-refractivity contribution is 6.32. The monoisotopic (exact) mass is 625 g/mol. The molecule has 47 heavy (non-hydrogen) atoms. The molecule has 0 unspecified atom stereocenters. The van der Waals surface area contributed by atoms with Crippen molar-refractivity contribution in [1.29, 1.82) is 0 Å². The van der Waals surface area contributed by atoms with E-state index >= 15 is 0 Å². The number of hydrogen-bond donors (Lipinski definition) is 0. The standard InChI is InChI=1S/C44H29ClN2/c45-32-26-31(27-36(28-32)46(33-15-4-1-5-16-33)34-17-6-2-7-18-34)40-29-42-44(39-23-13-12-22-38(39)40)43-37-21-11-10-14-30(37)24-25-41(43)47(42)35-19-8-3-9-20-35/h1-29H/i1D,4D,5D,15D,16D. The first kappa shape index (κ1) is 22.6. The smallest absolute Gasteiger partial charge is 0.0645 e. The second kappa shape index (κ2) is 11.2. The van der Waals surface area contributed by atoms with Crippen LogP contribution >= 0.6 is 11.6 Å². The van der Waals surface area contributed by atoms with Crippen molar-refractivity contribution in [3.05, 3.63) is 181 Å². The fourth-order valence-electron chi connectivity index (χ4n) is 6.93. The molecule has 1 aromatic heterocycles. The Morgan fingerprint density at radius 2 is 1.17 bits per heavy atom. The van der Waals surface area contributed by atoms with Crippen LogP contribution < -0.4 is 4.90 Å². The molecule has 0 amide bonds. The summed E-state index contributed by atoms with van der Waals surface area (Å²) in [6.45, 7) is 0. The minimum absolute atomic E-state index is 0.0433. The largest absolute Gasteiger partial charge is 0.310 e. The molecule has 1 heterocycles. The Kier molecular flexibility index (Phi) is 5.40. The van der Waals surface area contributed by atoms with Crippen LogP contribution in [-0.4, -0.2) is 4.57 Å². The maximum absolute atomic E-state index is 8.90. The molecule has 0 aliphatic rings. The predicted octanol–water partition coefficient (Wildman–Crippen LogP) is 12.9. The van der Waals surface area contributed by atoms with Crippen LogP contribution in [0.5, 0.6) is 0 Å². The molecule has 9 aromatic rings. The topological polar surface area (TPSA) is 8.17 Å². The molecule has 0 fully saturated rings. The summed E-state index contributed by atoms with van der Waals surface area (Å²) in [6.07, 6.45) is 0. The van der Waals surface area contributed by atoms with Crippen molar-refractivity contribution in [1.82, 2.24) is 4.57 Å². The molecule has 3 heteroatoms. The van der Waals surface area contributed by atoms with Crippen molar-refractivity contribution in [2.24, 2.45) is 0 Å². The molecule has 222 valence electrons. The Hall–Kier alpha value is -5.83. The van der Waals surface area contributed by atoms with E-state index in [2.05, 4.69) is 89.5 Å². The molecule has 9 rings (SSSR count). The van der Waals surface area contributed by atoms with E-state index in [1.807, 2.05) is 54.6 Å². The third-order valence-corrected chi connectivity index (χ3v) is 9.07. The maximum atomic E-state index is 8.90. The van der Waals surface area contributed by atoms with Gasteiger partial charge >= 0.3 is 0 Å². The molecule has 0 bridgehead atoms. The summed E-state index contributed by atoms with van der Waals surface area (Å²) in [5, 5.41) is 7.27. The average molecular weight is 626 g/mol. The van der Waals surface area contributed by atoms with Crippen molar-refractivity contribution in [2.75, 3.05) is 4.90 Å². The first-order valence-corrected chi connectivity index (χ1v) is 15.9. The molecule has 0 atom stereocenters. The molecule has 2 nitrogen and oxygen atoms in total. The van der Waals surface area contributed by atoms with Crippen molar-refractivity contribution in [3.63, 3.8) is 0 Å². The van der Waals surface area contributed by atoms with Gasteiger partial charge in [-0.25, -0.2) is 0 Å². The maximum Gasteiger partial charge on any atom is 0.0645 e. The molecule has 0 aliphatic heterocycles. The van der Waals surface area contributed by atoms with Gasteiger partial charge < -0.3 is 9.47 Å². The lowest BCUT2D eigenvalue weighted by Crippen LogP contribution is -2.09. The van der Waals surface area contributed by atoms with E-state index in [-0.39, 0.29) is 17.8 Å². The third-order valence-electron chi connectivity index (χ3n) is 8.85. The van der Waals surface area contributed by atoms with E-state index < -0.39 is 18.1 Å². The summed E-state index contributed by atoms with van der Waals surface area (Å²) in [7, 11) is 0. The zero-order valence-corrected chi connectivity index (χ0v) is 25.9. The number of nitrogens with zero attached hydrogens (tertiary/aromatic N) is 2. The summed E-state index contributed by atoms with van der Waals surface area (Å²) >= 11 is 6.98. The lowest BCUT2D eigenvalue weighted by molar-refractivity contribution is 1.18. The van der Waals surface area contributed by atoms with E-state index in [1.54, 1.807) is 11.0 Å². The Labute approximate surface area is 285 Å². The molecule has 8 aromatic carbocycles. The van der Waals surface area contributed by atoms with Gasteiger partial charge in [-0.2, -0.15) is 0 Å². The second-order valence-electron chi connectivity index (χ2n) is 11.6. The van der Waals surface area contributed by atoms with Crippen LogP contribution in [0, 0.1) is 0 Å². The normalized spacial score (nSPS) is 13.0. The van der Waals surface area contributed by atoms with Crippen molar-refractivity contribution < 1.29 is 6.85 Å². The highest BCUT2D eigenvalue weighted by Crippen LogP contribution is 2.45. The Morgan fingerprint density at radius 3 is 1.96 bits per heavy atom. The number of anilines is 3. The molecule has 0 spiro atoms. The fourth-order valence-corrected chi connectivity index (χ4v) is 7.16. The van der Waals surface area contributed by atoms with Gasteiger partial charge in [0.25, 0.3) is 0 Å². The van der Waals surface area contributed by atoms with Gasteiger partial charge in [0, 0.05) is 38.5 Å². The van der Waals surface area contributed by atoms with E-state index in [0.29, 0.717) is 16.4 Å². The van der Waals surface area contributed by atoms with E-state index in [9.17, 15) is 0 Å². The van der Waals surface area contributed by atoms with E-state index in [4.69, 9.17) is 18.5 Å². The molecule has 0 saturated carbocycles. The summed E-state index contributed by atoms with van der Waals surface area (Å²) < 4.78 is 45.3. The minimum atomic E-state index is -0.445. The van der Waals surface area contributed by atoms with Crippen LogP contribution in [0.3, 0.4) is 0 Å². The minimum Gasteiger partial charge on any atom is -0.310 e. The SMILES string of the molecule is [2H]c1c([2H])c([2H])c(N(c2ccccc2)c2cc(Cl)cc(-c3cc4c(c5ccccc35)c3c5ccccc5ccc3n4-c3ccccc3)c2)c([2H])c1[2H]. The number of aromatic nitrogens is 1. The van der Waals surface area contributed by atoms with Crippen LogP contribution in [0.25, 0.3) is 60.2 Å². The number of rotatable bonds is 5. The van der Waals surface area contributed by atoms with Gasteiger partial charge in [-0.15, -0.1) is 0 Å². The number of halogens is 1. The number of para-hydroxylation sites is 3. The van der Waals surface area contributed by atoms with Gasteiger partial charge in [0.15, 0.2) is 0 Å². The second-order valence-corrected chi connectivity index (χ2v) is 12.0. The van der Waals surface area contributed by atoms with Crippen molar-refractivity contribution >= 4 is 72.0 Å². The van der Waals surface area contributed by atoms with Crippen LogP contribution in [0.4, 0.5) is 17.1 Å². The van der Waals surface area contributed by atoms with Gasteiger partial charge in [0.1, 0.15) is 0 Å². The average Bonchev–Trinajstić information content (AvgIpc) is 3.53. The molecule has 0 N–H and O–H groups in total. The van der Waals surface area contributed by atoms with Gasteiger partial charge in [-0.3, -0.25) is 0 Å². The molecule has 0 saturated heterocycles. The van der Waals surface area contributed by atoms with Crippen LogP contribution in [-0.2, 0) is 0 Å². The van der Waals surface area contributed by atoms with Gasteiger partial charge in [0.05, 0.1) is 17.9 Å². The van der Waals surface area contributed by atoms with Crippen molar-refractivity contribution in [3.8, 4) is 16.8 Å². The summed E-state index contributed by atoms with van der Waals surface area (Å²) in [5.41, 5.74) is 6.19. The lowest BCUT2D eigenvalue weighted by Gasteiger charge is -2.26. The zero-order chi connectivity index (χ0) is 35.7. The summed E-state index contributed by atoms with van der Waals surface area (Å²) in [6, 6.07) is 47.0. The number of hydrogen-bond acceptors (Lipinski definition) is 1. The first-order valence-electron chi connectivity index (χ1n) is 18.0. The Morgan fingerprint density at radius 1 is 0.511 bits per heavy atom. The quantitative estimate of drug-likeness (QED) is 0.185. The predicted molar refractivity (Wildman–Crippen MR) is 201 cm³/mol. The Balaban J connectivity index is 1.38. The van der Waals surface area contributed by atoms with E-state index in [1.165, 1.54) is 16.2 Å². The molecular formula is C44H29ClN2. The summed E-state index contributed by atoms with van der Waals surface area (Å²) in [5.74, 6) is 0. The first-order chi connectivity index (χ1) is 25.3. The van der Waals surface area contributed by atoms with Crippen LogP contribution in [0.15, 0.2) is 176 Å². The summed E-state index contributed by atoms with van der Waals surface area (Å²) in [4.78, 5) is 1.70. The molecular weight excluding hydrogens is 592 g/mol. The van der Waals surface area contributed by atoms with Crippen molar-refractivity contribution in [2.45, 2.75) is 0 Å². The highest BCUT2D eigenvalue weighted by Gasteiger charge is 2.21. The van der Waals surface area contributed by atoms with Gasteiger partial charge in [0.2, 0.25) is 0 Å². The molecule has 0 radical (unpaired) electrons. The number of fused-ring (bicyclic) bond motifs is 7. The van der Waals surface area contributed by atoms with Crippen LogP contribution in [0.2, 0.25) is 5.02 Å². The highest BCUT2D eigenvalue weighted by atomic mass is 35.5. The van der Waals surface area contributed by atoms with E-state index in [0.717, 1.165) is 44.0 Å². The Bertz CT molecular complexity index is 2840. The fraction of sp³-hybridized carbons (Fsp3) is 0.